The van der Waals surface area contributed by atoms with E-state index < -0.39 is 0 Å². The first-order valence-corrected chi connectivity index (χ1v) is 10.1. The largest absolute Gasteiger partial charge is 0.352 e. The van der Waals surface area contributed by atoms with Crippen molar-refractivity contribution in [3.63, 3.8) is 0 Å². The Morgan fingerprint density at radius 1 is 0.969 bits per heavy atom. The number of halogens is 1. The van der Waals surface area contributed by atoms with Crippen LogP contribution in [0.25, 0.3) is 17.1 Å². The molecule has 0 radical (unpaired) electrons. The summed E-state index contributed by atoms with van der Waals surface area (Å²) in [5.74, 6) is 0.950. The van der Waals surface area contributed by atoms with Crippen molar-refractivity contribution in [1.82, 2.24) is 39.6 Å². The number of hydrogen-bond acceptors (Lipinski definition) is 7. The standard InChI is InChI=1S/C21H20FN9O/c1-28-18(12-17(27-28)15-2-4-16(22)5-3-15)21(32)30-10-8-29(9-11-30)19-6-7-20(26-25-19)31-14-23-13-24-31/h2-7,12-14H,8-11H2,1H3. The third-order valence-electron chi connectivity index (χ3n) is 5.42. The molecule has 4 heterocycles. The molecule has 1 aliphatic heterocycles. The summed E-state index contributed by atoms with van der Waals surface area (Å²) in [4.78, 5) is 20.9. The third kappa shape index (κ3) is 3.80. The average Bonchev–Trinajstić information content (AvgIpc) is 3.50. The first-order valence-electron chi connectivity index (χ1n) is 10.1. The van der Waals surface area contributed by atoms with Crippen LogP contribution in [0.5, 0.6) is 0 Å². The summed E-state index contributed by atoms with van der Waals surface area (Å²) < 4.78 is 16.3. The van der Waals surface area contributed by atoms with Gasteiger partial charge in [-0.1, -0.05) is 0 Å². The molecule has 0 saturated carbocycles. The minimum atomic E-state index is -0.309. The molecule has 3 aromatic heterocycles. The lowest BCUT2D eigenvalue weighted by atomic mass is 10.1. The van der Waals surface area contributed by atoms with Crippen molar-refractivity contribution in [2.24, 2.45) is 7.05 Å². The molecule has 0 aliphatic carbocycles. The second-order valence-corrected chi connectivity index (χ2v) is 7.41. The maximum Gasteiger partial charge on any atom is 0.272 e. The van der Waals surface area contributed by atoms with Crippen LogP contribution >= 0.6 is 0 Å². The van der Waals surface area contributed by atoms with Crippen molar-refractivity contribution in [1.29, 1.82) is 0 Å². The first kappa shape index (κ1) is 19.8. The molecule has 0 atom stereocenters. The molecule has 162 valence electrons. The number of amides is 1. The zero-order valence-electron chi connectivity index (χ0n) is 17.3. The first-order chi connectivity index (χ1) is 15.6. The number of aryl methyl sites for hydroxylation is 1. The number of carbonyl (C=O) groups excluding carboxylic acids is 1. The molecule has 0 unspecified atom stereocenters. The van der Waals surface area contributed by atoms with Crippen molar-refractivity contribution >= 4 is 11.7 Å². The van der Waals surface area contributed by atoms with E-state index in [1.165, 1.54) is 18.5 Å². The molecular formula is C21H20FN9O. The van der Waals surface area contributed by atoms with E-state index in [2.05, 4.69) is 30.3 Å². The number of nitrogens with zero attached hydrogens (tertiary/aromatic N) is 9. The second-order valence-electron chi connectivity index (χ2n) is 7.41. The van der Waals surface area contributed by atoms with Gasteiger partial charge in [0.2, 0.25) is 0 Å². The topological polar surface area (TPSA) is 97.9 Å². The average molecular weight is 433 g/mol. The van der Waals surface area contributed by atoms with Crippen LogP contribution in [0.1, 0.15) is 10.5 Å². The van der Waals surface area contributed by atoms with Gasteiger partial charge in [-0.3, -0.25) is 9.48 Å². The Balaban J connectivity index is 1.24. The highest BCUT2D eigenvalue weighted by Gasteiger charge is 2.25. The Morgan fingerprint density at radius 3 is 2.34 bits per heavy atom. The molecule has 1 fully saturated rings. The van der Waals surface area contributed by atoms with Gasteiger partial charge in [-0.15, -0.1) is 10.2 Å². The van der Waals surface area contributed by atoms with Crippen molar-refractivity contribution in [2.45, 2.75) is 0 Å². The molecule has 0 N–H and O–H groups in total. The number of anilines is 1. The van der Waals surface area contributed by atoms with Crippen LogP contribution < -0.4 is 4.90 Å². The van der Waals surface area contributed by atoms with Crippen molar-refractivity contribution in [3.05, 3.63) is 66.6 Å². The van der Waals surface area contributed by atoms with Gasteiger partial charge in [0.05, 0.1) is 5.69 Å². The number of hydrogen-bond donors (Lipinski definition) is 0. The van der Waals surface area contributed by atoms with Gasteiger partial charge in [0.1, 0.15) is 24.2 Å². The van der Waals surface area contributed by atoms with Gasteiger partial charge in [-0.25, -0.2) is 14.1 Å². The number of aromatic nitrogens is 7. The maximum absolute atomic E-state index is 13.2. The summed E-state index contributed by atoms with van der Waals surface area (Å²) in [5, 5.41) is 17.0. The summed E-state index contributed by atoms with van der Waals surface area (Å²) in [6.45, 7) is 2.41. The fraction of sp³-hybridized carbons (Fsp3) is 0.238. The van der Waals surface area contributed by atoms with Gasteiger partial charge in [0.15, 0.2) is 11.6 Å². The fourth-order valence-corrected chi connectivity index (χ4v) is 3.67. The number of carbonyl (C=O) groups is 1. The van der Waals surface area contributed by atoms with Crippen molar-refractivity contribution < 1.29 is 9.18 Å². The van der Waals surface area contributed by atoms with Crippen molar-refractivity contribution in [3.8, 4) is 17.1 Å². The van der Waals surface area contributed by atoms with Gasteiger partial charge in [-0.2, -0.15) is 10.2 Å². The van der Waals surface area contributed by atoms with Crippen LogP contribution in [0.15, 0.2) is 55.1 Å². The minimum absolute atomic E-state index is 0.0828. The maximum atomic E-state index is 13.2. The van der Waals surface area contributed by atoms with Crippen LogP contribution in [0.4, 0.5) is 10.2 Å². The Morgan fingerprint density at radius 2 is 1.69 bits per heavy atom. The highest BCUT2D eigenvalue weighted by atomic mass is 19.1. The molecule has 32 heavy (non-hydrogen) atoms. The van der Waals surface area contributed by atoms with E-state index in [1.54, 1.807) is 45.8 Å². The highest BCUT2D eigenvalue weighted by molar-refractivity contribution is 5.94. The zero-order chi connectivity index (χ0) is 22.1. The normalized spacial score (nSPS) is 14.1. The molecule has 5 rings (SSSR count). The van der Waals surface area contributed by atoms with E-state index in [-0.39, 0.29) is 11.7 Å². The van der Waals surface area contributed by atoms with E-state index in [4.69, 9.17) is 0 Å². The van der Waals surface area contributed by atoms with Gasteiger partial charge < -0.3 is 9.80 Å². The molecule has 0 spiro atoms. The van der Waals surface area contributed by atoms with Crippen LogP contribution in [-0.4, -0.2) is 71.7 Å². The smallest absolute Gasteiger partial charge is 0.272 e. The predicted molar refractivity (Wildman–Crippen MR) is 114 cm³/mol. The van der Waals surface area contributed by atoms with E-state index in [1.807, 2.05) is 12.1 Å². The van der Waals surface area contributed by atoms with Gasteiger partial charge in [0, 0.05) is 38.8 Å². The monoisotopic (exact) mass is 433 g/mol. The Hall–Kier alpha value is -4.15. The molecular weight excluding hydrogens is 413 g/mol. The molecule has 1 saturated heterocycles. The van der Waals surface area contributed by atoms with Gasteiger partial charge in [0.25, 0.3) is 5.91 Å². The molecule has 0 bridgehead atoms. The highest BCUT2D eigenvalue weighted by Crippen LogP contribution is 2.21. The second kappa shape index (κ2) is 8.17. The third-order valence-corrected chi connectivity index (χ3v) is 5.42. The van der Waals surface area contributed by atoms with Crippen LogP contribution in [0.3, 0.4) is 0 Å². The van der Waals surface area contributed by atoms with E-state index in [9.17, 15) is 9.18 Å². The summed E-state index contributed by atoms with van der Waals surface area (Å²) in [7, 11) is 1.74. The quantitative estimate of drug-likeness (QED) is 0.482. The summed E-state index contributed by atoms with van der Waals surface area (Å²) in [6.07, 6.45) is 3.00. The van der Waals surface area contributed by atoms with E-state index in [0.29, 0.717) is 43.4 Å². The van der Waals surface area contributed by atoms with Crippen LogP contribution in [0.2, 0.25) is 0 Å². The lowest BCUT2D eigenvalue weighted by Crippen LogP contribution is -2.49. The predicted octanol–water partition coefficient (Wildman–Crippen LogP) is 1.56. The zero-order valence-corrected chi connectivity index (χ0v) is 17.3. The minimum Gasteiger partial charge on any atom is -0.352 e. The number of piperazine rings is 1. The SMILES string of the molecule is Cn1nc(-c2ccc(F)cc2)cc1C(=O)N1CCN(c2ccc(-n3cncn3)nn2)CC1. The van der Waals surface area contributed by atoms with E-state index >= 15 is 0 Å². The molecule has 10 nitrogen and oxygen atoms in total. The molecule has 1 amide bonds. The van der Waals surface area contributed by atoms with Gasteiger partial charge >= 0.3 is 0 Å². The Labute approximate surface area is 182 Å². The van der Waals surface area contributed by atoms with Crippen molar-refractivity contribution in [2.75, 3.05) is 31.1 Å². The molecule has 4 aromatic rings. The molecule has 1 aromatic carbocycles. The summed E-state index contributed by atoms with van der Waals surface area (Å²) in [6, 6.07) is 11.5. The summed E-state index contributed by atoms with van der Waals surface area (Å²) >= 11 is 0. The van der Waals surface area contributed by atoms with Gasteiger partial charge in [-0.05, 0) is 42.5 Å². The molecule has 1 aliphatic rings. The van der Waals surface area contributed by atoms with E-state index in [0.717, 1.165) is 11.4 Å². The van der Waals surface area contributed by atoms with Crippen LogP contribution in [-0.2, 0) is 7.05 Å². The number of benzene rings is 1. The fourth-order valence-electron chi connectivity index (χ4n) is 3.67. The van der Waals surface area contributed by atoms with Crippen LogP contribution in [0, 0.1) is 5.82 Å². The lowest BCUT2D eigenvalue weighted by Gasteiger charge is -2.35. The summed E-state index contributed by atoms with van der Waals surface area (Å²) in [5.41, 5.74) is 1.89. The lowest BCUT2D eigenvalue weighted by molar-refractivity contribution is 0.0735. The molecule has 11 heteroatoms. The number of rotatable bonds is 4. The Kier molecular flexibility index (Phi) is 5.06. The Bertz CT molecular complexity index is 1210.